The molecule has 146 valence electrons. The van der Waals surface area contributed by atoms with Crippen molar-refractivity contribution in [1.29, 1.82) is 0 Å². The van der Waals surface area contributed by atoms with Crippen LogP contribution in [0.2, 0.25) is 0 Å². The molecule has 3 rings (SSSR count). The Morgan fingerprint density at radius 1 is 1.22 bits per heavy atom. The molecule has 27 heavy (non-hydrogen) atoms. The van der Waals surface area contributed by atoms with E-state index in [1.54, 1.807) is 25.7 Å². The largest absolute Gasteiger partial charge is 0.445 e. The van der Waals surface area contributed by atoms with Gasteiger partial charge in [0.25, 0.3) is 6.01 Å². The highest BCUT2D eigenvalue weighted by molar-refractivity contribution is 5.67. The molecule has 1 aromatic heterocycles. The van der Waals surface area contributed by atoms with E-state index in [2.05, 4.69) is 4.98 Å². The van der Waals surface area contributed by atoms with Crippen LogP contribution in [-0.4, -0.2) is 47.3 Å². The van der Waals surface area contributed by atoms with Crippen LogP contribution in [0.4, 0.5) is 10.8 Å². The number of benzene rings is 1. The SMILES string of the molecule is Cc1oc(N2CCCN(C(=O)OCc3ccccc3)CC2)nc1C(C)(C)O. The first-order chi connectivity index (χ1) is 12.8. The molecule has 0 aliphatic carbocycles. The van der Waals surface area contributed by atoms with Crippen molar-refractivity contribution in [3.8, 4) is 0 Å². The van der Waals surface area contributed by atoms with Crippen molar-refractivity contribution in [1.82, 2.24) is 9.88 Å². The van der Waals surface area contributed by atoms with Gasteiger partial charge < -0.3 is 24.1 Å². The Kier molecular flexibility index (Phi) is 5.70. The molecule has 1 aromatic carbocycles. The minimum absolute atomic E-state index is 0.272. The quantitative estimate of drug-likeness (QED) is 0.887. The number of rotatable bonds is 4. The number of aromatic nitrogens is 1. The van der Waals surface area contributed by atoms with E-state index in [1.165, 1.54) is 0 Å². The molecule has 2 aromatic rings. The van der Waals surface area contributed by atoms with Gasteiger partial charge in [-0.2, -0.15) is 4.98 Å². The zero-order valence-corrected chi connectivity index (χ0v) is 16.1. The standard InChI is InChI=1S/C20H27N3O4/c1-15-17(20(2,3)25)21-18(27-15)22-10-7-11-23(13-12-22)19(24)26-14-16-8-5-4-6-9-16/h4-6,8-9,25H,7,10-14H2,1-3H3. The van der Waals surface area contributed by atoms with Gasteiger partial charge in [-0.1, -0.05) is 30.3 Å². The molecule has 1 aliphatic heterocycles. The average Bonchev–Trinajstić information content (AvgIpc) is 2.88. The number of carbonyl (C=O) groups excluding carboxylic acids is 1. The fourth-order valence-corrected chi connectivity index (χ4v) is 3.19. The van der Waals surface area contributed by atoms with Crippen LogP contribution < -0.4 is 4.90 Å². The lowest BCUT2D eigenvalue weighted by Gasteiger charge is -2.20. The first-order valence-corrected chi connectivity index (χ1v) is 9.25. The van der Waals surface area contributed by atoms with Crippen LogP contribution >= 0.6 is 0 Å². The van der Waals surface area contributed by atoms with Gasteiger partial charge in [-0.3, -0.25) is 0 Å². The highest BCUT2D eigenvalue weighted by Crippen LogP contribution is 2.27. The number of aryl methyl sites for hydroxylation is 1. The van der Waals surface area contributed by atoms with Crippen molar-refractivity contribution in [3.63, 3.8) is 0 Å². The summed E-state index contributed by atoms with van der Waals surface area (Å²) in [5.41, 5.74) is 0.461. The van der Waals surface area contributed by atoms with E-state index in [-0.39, 0.29) is 12.7 Å². The number of carbonyl (C=O) groups is 1. The zero-order chi connectivity index (χ0) is 19.4. The summed E-state index contributed by atoms with van der Waals surface area (Å²) in [5, 5.41) is 10.2. The van der Waals surface area contributed by atoms with E-state index < -0.39 is 5.60 Å². The molecule has 1 aliphatic rings. The van der Waals surface area contributed by atoms with Gasteiger partial charge in [0.1, 0.15) is 23.7 Å². The molecule has 0 spiro atoms. The fraction of sp³-hybridized carbons (Fsp3) is 0.500. The van der Waals surface area contributed by atoms with Gasteiger partial charge in [-0.25, -0.2) is 4.79 Å². The normalized spacial score (nSPS) is 15.6. The Hall–Kier alpha value is -2.54. The average molecular weight is 373 g/mol. The molecule has 7 heteroatoms. The third-order valence-electron chi connectivity index (χ3n) is 4.59. The van der Waals surface area contributed by atoms with Crippen molar-refractivity contribution in [2.75, 3.05) is 31.1 Å². The maximum absolute atomic E-state index is 12.4. The van der Waals surface area contributed by atoms with Gasteiger partial charge in [0.05, 0.1) is 0 Å². The van der Waals surface area contributed by atoms with E-state index in [1.807, 2.05) is 35.2 Å². The highest BCUT2D eigenvalue weighted by atomic mass is 16.6. The summed E-state index contributed by atoms with van der Waals surface area (Å²) in [6, 6.07) is 10.1. The third-order valence-corrected chi connectivity index (χ3v) is 4.59. The van der Waals surface area contributed by atoms with E-state index in [9.17, 15) is 9.90 Å². The molecule has 0 saturated carbocycles. The van der Waals surface area contributed by atoms with Gasteiger partial charge in [0.15, 0.2) is 0 Å². The predicted octanol–water partition coefficient (Wildman–Crippen LogP) is 3.06. The minimum Gasteiger partial charge on any atom is -0.445 e. The van der Waals surface area contributed by atoms with E-state index in [0.717, 1.165) is 18.5 Å². The molecule has 7 nitrogen and oxygen atoms in total. The number of aliphatic hydroxyl groups is 1. The van der Waals surface area contributed by atoms with Crippen LogP contribution in [0.5, 0.6) is 0 Å². The summed E-state index contributed by atoms with van der Waals surface area (Å²) in [6.07, 6.45) is 0.487. The second-order valence-corrected chi connectivity index (χ2v) is 7.33. The number of hydrogen-bond acceptors (Lipinski definition) is 6. The zero-order valence-electron chi connectivity index (χ0n) is 16.1. The van der Waals surface area contributed by atoms with Crippen molar-refractivity contribution in [2.45, 2.75) is 39.4 Å². The summed E-state index contributed by atoms with van der Waals surface area (Å²) in [6.45, 7) is 7.94. The van der Waals surface area contributed by atoms with Crippen molar-refractivity contribution in [2.24, 2.45) is 0 Å². The smallest absolute Gasteiger partial charge is 0.410 e. The van der Waals surface area contributed by atoms with Crippen molar-refractivity contribution < 1.29 is 19.1 Å². The number of oxazole rings is 1. The highest BCUT2D eigenvalue weighted by Gasteiger charge is 2.28. The number of ether oxygens (including phenoxy) is 1. The third kappa shape index (κ3) is 4.80. The molecular formula is C20H27N3O4. The lowest BCUT2D eigenvalue weighted by Crippen LogP contribution is -2.35. The summed E-state index contributed by atoms with van der Waals surface area (Å²) in [5.74, 6) is 0.612. The van der Waals surface area contributed by atoms with E-state index >= 15 is 0 Å². The van der Waals surface area contributed by atoms with Gasteiger partial charge in [-0.05, 0) is 32.8 Å². The Bertz CT molecular complexity index is 767. The maximum Gasteiger partial charge on any atom is 0.410 e. The minimum atomic E-state index is -1.05. The summed E-state index contributed by atoms with van der Waals surface area (Å²) in [4.78, 5) is 20.6. The van der Waals surface area contributed by atoms with E-state index in [4.69, 9.17) is 9.15 Å². The first-order valence-electron chi connectivity index (χ1n) is 9.25. The second-order valence-electron chi connectivity index (χ2n) is 7.33. The van der Waals surface area contributed by atoms with E-state index in [0.29, 0.717) is 37.1 Å². The molecule has 1 fully saturated rings. The van der Waals surface area contributed by atoms with Crippen LogP contribution in [0.25, 0.3) is 0 Å². The molecular weight excluding hydrogens is 346 g/mol. The van der Waals surface area contributed by atoms with Crippen LogP contribution in [0, 0.1) is 6.92 Å². The topological polar surface area (TPSA) is 79.0 Å². The number of nitrogens with zero attached hydrogens (tertiary/aromatic N) is 3. The Morgan fingerprint density at radius 3 is 2.63 bits per heavy atom. The first kappa shape index (κ1) is 19.2. The van der Waals surface area contributed by atoms with Gasteiger partial charge in [0.2, 0.25) is 0 Å². The monoisotopic (exact) mass is 373 g/mol. The number of hydrogen-bond donors (Lipinski definition) is 1. The lowest BCUT2D eigenvalue weighted by atomic mass is 10.0. The molecule has 1 saturated heterocycles. The Labute approximate surface area is 159 Å². The molecule has 0 bridgehead atoms. The summed E-state index contributed by atoms with van der Waals surface area (Å²) < 4.78 is 11.2. The van der Waals surface area contributed by atoms with Gasteiger partial charge in [0, 0.05) is 26.2 Å². The van der Waals surface area contributed by atoms with Crippen LogP contribution in [-0.2, 0) is 16.9 Å². The van der Waals surface area contributed by atoms with Crippen molar-refractivity contribution >= 4 is 12.1 Å². The number of anilines is 1. The Morgan fingerprint density at radius 2 is 1.96 bits per heavy atom. The van der Waals surface area contributed by atoms with Crippen LogP contribution in [0.15, 0.2) is 34.7 Å². The fourth-order valence-electron chi connectivity index (χ4n) is 3.19. The lowest BCUT2D eigenvalue weighted by molar-refractivity contribution is 0.0728. The number of amides is 1. The summed E-state index contributed by atoms with van der Waals surface area (Å²) in [7, 11) is 0. The second kappa shape index (κ2) is 8.00. The molecule has 0 unspecified atom stereocenters. The van der Waals surface area contributed by atoms with Crippen LogP contribution in [0.3, 0.4) is 0 Å². The molecule has 2 heterocycles. The van der Waals surface area contributed by atoms with Crippen molar-refractivity contribution in [3.05, 3.63) is 47.3 Å². The molecule has 0 atom stereocenters. The van der Waals surface area contributed by atoms with Gasteiger partial charge >= 0.3 is 6.09 Å². The summed E-state index contributed by atoms with van der Waals surface area (Å²) >= 11 is 0. The van der Waals surface area contributed by atoms with Gasteiger partial charge in [-0.15, -0.1) is 0 Å². The predicted molar refractivity (Wildman–Crippen MR) is 102 cm³/mol. The maximum atomic E-state index is 12.4. The molecule has 1 amide bonds. The van der Waals surface area contributed by atoms with Crippen LogP contribution in [0.1, 0.15) is 37.3 Å². The Balaban J connectivity index is 1.58. The molecule has 0 radical (unpaired) electrons. The molecule has 1 N–H and O–H groups in total.